The van der Waals surface area contributed by atoms with Gasteiger partial charge in [-0.25, -0.2) is 4.98 Å². The zero-order valence-electron chi connectivity index (χ0n) is 10.3. The Morgan fingerprint density at radius 2 is 2.20 bits per heavy atom. The predicted octanol–water partition coefficient (Wildman–Crippen LogP) is 2.48. The molecule has 8 nitrogen and oxygen atoms in total. The lowest BCUT2D eigenvalue weighted by molar-refractivity contribution is -0.384. The molecule has 0 saturated carbocycles. The third kappa shape index (κ3) is 3.12. The number of nitrogens with one attached hydrogen (secondary N) is 1. The minimum atomic E-state index is -0.586. The monoisotopic (exact) mass is 339 g/mol. The molecule has 0 atom stereocenters. The summed E-state index contributed by atoms with van der Waals surface area (Å²) in [6.45, 7) is 0. The van der Waals surface area contributed by atoms with Crippen molar-refractivity contribution in [3.05, 3.63) is 39.0 Å². The molecule has 3 N–H and O–H groups in total. The Kier molecular flexibility index (Phi) is 3.99. The normalized spacial score (nSPS) is 10.1. The minimum Gasteiger partial charge on any atom is -0.497 e. The molecule has 0 aliphatic rings. The van der Waals surface area contributed by atoms with E-state index in [0.717, 1.165) is 10.7 Å². The maximum atomic E-state index is 10.9. The Bertz CT molecular complexity index is 665. The number of nitro groups is 1. The second-order valence-corrected chi connectivity index (χ2v) is 4.64. The maximum absolute atomic E-state index is 10.9. The van der Waals surface area contributed by atoms with Crippen molar-refractivity contribution in [1.82, 2.24) is 9.97 Å². The van der Waals surface area contributed by atoms with Gasteiger partial charge in [-0.3, -0.25) is 10.1 Å². The van der Waals surface area contributed by atoms with Crippen LogP contribution in [0.5, 0.6) is 5.75 Å². The molecule has 9 heteroatoms. The van der Waals surface area contributed by atoms with Crippen LogP contribution in [0.25, 0.3) is 0 Å². The first-order chi connectivity index (χ1) is 9.49. The average molecular weight is 340 g/mol. The Morgan fingerprint density at radius 3 is 2.85 bits per heavy atom. The Labute approximate surface area is 122 Å². The van der Waals surface area contributed by atoms with Crippen LogP contribution in [0.3, 0.4) is 0 Å². The van der Waals surface area contributed by atoms with E-state index in [0.29, 0.717) is 11.4 Å². The van der Waals surface area contributed by atoms with Crippen molar-refractivity contribution < 1.29 is 9.66 Å². The molecule has 20 heavy (non-hydrogen) atoms. The Morgan fingerprint density at radius 1 is 1.45 bits per heavy atom. The van der Waals surface area contributed by atoms with Crippen LogP contribution in [0.15, 0.2) is 28.9 Å². The van der Waals surface area contributed by atoms with E-state index >= 15 is 0 Å². The quantitative estimate of drug-likeness (QED) is 0.649. The van der Waals surface area contributed by atoms with Crippen molar-refractivity contribution in [3.63, 3.8) is 0 Å². The number of rotatable bonds is 4. The van der Waals surface area contributed by atoms with Crippen molar-refractivity contribution in [2.75, 3.05) is 18.2 Å². The highest BCUT2D eigenvalue weighted by Crippen LogP contribution is 2.29. The van der Waals surface area contributed by atoms with E-state index in [2.05, 4.69) is 31.2 Å². The largest absolute Gasteiger partial charge is 0.497 e. The number of methoxy groups -OCH3 is 1. The number of ether oxygens (including phenoxy) is 1. The zero-order valence-corrected chi connectivity index (χ0v) is 11.9. The number of benzene rings is 1. The van der Waals surface area contributed by atoms with Crippen molar-refractivity contribution in [3.8, 4) is 5.75 Å². The van der Waals surface area contributed by atoms with E-state index in [1.165, 1.54) is 7.11 Å². The lowest BCUT2D eigenvalue weighted by Gasteiger charge is -2.09. The number of halogens is 1. The second kappa shape index (κ2) is 5.70. The molecule has 0 bridgehead atoms. The zero-order chi connectivity index (χ0) is 14.7. The smallest absolute Gasteiger partial charge is 0.329 e. The number of nitrogens with two attached hydrogens (primary N) is 1. The van der Waals surface area contributed by atoms with Gasteiger partial charge in [0.2, 0.25) is 11.8 Å². The van der Waals surface area contributed by atoms with Crippen LogP contribution in [0.4, 0.5) is 23.1 Å². The van der Waals surface area contributed by atoms with E-state index in [1.54, 1.807) is 18.2 Å². The lowest BCUT2D eigenvalue weighted by Crippen LogP contribution is -2.04. The first-order valence-electron chi connectivity index (χ1n) is 5.38. The summed E-state index contributed by atoms with van der Waals surface area (Å²) < 4.78 is 5.87. The van der Waals surface area contributed by atoms with Gasteiger partial charge in [-0.05, 0) is 12.1 Å². The van der Waals surface area contributed by atoms with E-state index in [4.69, 9.17) is 10.5 Å². The highest BCUT2D eigenvalue weighted by Gasteiger charge is 2.17. The molecule has 0 radical (unpaired) electrons. The molecule has 104 valence electrons. The fraction of sp³-hybridized carbons (Fsp3) is 0.0909. The summed E-state index contributed by atoms with van der Waals surface area (Å²) in [5.41, 5.74) is 5.75. The molecule has 0 fully saturated rings. The number of anilines is 3. The SMILES string of the molecule is COc1cc(Br)cc(Nc2nc(N)ncc2[N+](=O)[O-])c1. The summed E-state index contributed by atoms with van der Waals surface area (Å²) in [7, 11) is 1.52. The van der Waals surface area contributed by atoms with Gasteiger partial charge < -0.3 is 15.8 Å². The first kappa shape index (κ1) is 14.0. The first-order valence-corrected chi connectivity index (χ1v) is 6.17. The molecule has 0 spiro atoms. The van der Waals surface area contributed by atoms with Crippen molar-refractivity contribution in [1.29, 1.82) is 0 Å². The van der Waals surface area contributed by atoms with Crippen LogP contribution in [0.2, 0.25) is 0 Å². The number of hydrogen-bond acceptors (Lipinski definition) is 7. The third-order valence-electron chi connectivity index (χ3n) is 2.35. The molecular weight excluding hydrogens is 330 g/mol. The highest BCUT2D eigenvalue weighted by molar-refractivity contribution is 9.10. The minimum absolute atomic E-state index is 0.0163. The standard InChI is InChI=1S/C11H10BrN5O3/c1-20-8-3-6(12)2-7(4-8)15-10-9(17(18)19)5-14-11(13)16-10/h2-5H,1H3,(H3,13,14,15,16). The van der Waals surface area contributed by atoms with Crippen LogP contribution >= 0.6 is 15.9 Å². The fourth-order valence-electron chi connectivity index (χ4n) is 1.50. The van der Waals surface area contributed by atoms with Crippen molar-refractivity contribution in [2.45, 2.75) is 0 Å². The van der Waals surface area contributed by atoms with E-state index in [1.807, 2.05) is 0 Å². The summed E-state index contributed by atoms with van der Waals surface area (Å²) in [5, 5.41) is 13.8. The van der Waals surface area contributed by atoms with Crippen molar-refractivity contribution >= 4 is 39.1 Å². The molecule has 0 aliphatic heterocycles. The van der Waals surface area contributed by atoms with Gasteiger partial charge in [-0.2, -0.15) is 4.98 Å². The molecule has 2 aromatic rings. The molecule has 2 rings (SSSR count). The van der Waals surface area contributed by atoms with E-state index in [9.17, 15) is 10.1 Å². The van der Waals surface area contributed by atoms with Crippen LogP contribution in [0.1, 0.15) is 0 Å². The van der Waals surface area contributed by atoms with Gasteiger partial charge in [0.05, 0.1) is 12.0 Å². The Hall–Kier alpha value is -2.42. The summed E-state index contributed by atoms with van der Waals surface area (Å²) >= 11 is 3.32. The number of aromatic nitrogens is 2. The Balaban J connectivity index is 2.41. The molecule has 0 saturated heterocycles. The third-order valence-corrected chi connectivity index (χ3v) is 2.81. The molecule has 1 heterocycles. The fourth-order valence-corrected chi connectivity index (χ4v) is 1.98. The lowest BCUT2D eigenvalue weighted by atomic mass is 10.3. The number of hydrogen-bond donors (Lipinski definition) is 2. The van der Waals surface area contributed by atoms with Gasteiger partial charge in [0, 0.05) is 16.2 Å². The number of nitrogen functional groups attached to an aromatic ring is 1. The van der Waals surface area contributed by atoms with Crippen LogP contribution in [-0.4, -0.2) is 22.0 Å². The van der Waals surface area contributed by atoms with Crippen LogP contribution in [-0.2, 0) is 0 Å². The highest BCUT2D eigenvalue weighted by atomic mass is 79.9. The molecule has 1 aromatic carbocycles. The average Bonchev–Trinajstić information content (AvgIpc) is 2.37. The van der Waals surface area contributed by atoms with Crippen LogP contribution < -0.4 is 15.8 Å². The summed E-state index contributed by atoms with van der Waals surface area (Å²) in [5.74, 6) is 0.550. The van der Waals surface area contributed by atoms with Gasteiger partial charge in [-0.1, -0.05) is 15.9 Å². The molecule has 0 aliphatic carbocycles. The maximum Gasteiger partial charge on any atom is 0.329 e. The van der Waals surface area contributed by atoms with E-state index < -0.39 is 4.92 Å². The topological polar surface area (TPSA) is 116 Å². The van der Waals surface area contributed by atoms with Gasteiger partial charge >= 0.3 is 5.69 Å². The molecular formula is C11H10BrN5O3. The van der Waals surface area contributed by atoms with E-state index in [-0.39, 0.29) is 17.5 Å². The number of nitrogens with zero attached hydrogens (tertiary/aromatic N) is 3. The predicted molar refractivity (Wildman–Crippen MR) is 77.1 cm³/mol. The summed E-state index contributed by atoms with van der Waals surface area (Å²) in [6, 6.07) is 5.16. The summed E-state index contributed by atoms with van der Waals surface area (Å²) in [6.07, 6.45) is 1.06. The molecule has 1 aromatic heterocycles. The van der Waals surface area contributed by atoms with Gasteiger partial charge in [0.25, 0.3) is 0 Å². The van der Waals surface area contributed by atoms with Gasteiger partial charge in [0.15, 0.2) is 0 Å². The van der Waals surface area contributed by atoms with Gasteiger partial charge in [-0.15, -0.1) is 0 Å². The van der Waals surface area contributed by atoms with Crippen LogP contribution in [0, 0.1) is 10.1 Å². The van der Waals surface area contributed by atoms with Crippen molar-refractivity contribution in [2.24, 2.45) is 0 Å². The summed E-state index contributed by atoms with van der Waals surface area (Å²) in [4.78, 5) is 17.8. The van der Waals surface area contributed by atoms with Gasteiger partial charge in [0.1, 0.15) is 11.9 Å². The molecule has 0 unspecified atom stereocenters. The molecule has 0 amide bonds. The second-order valence-electron chi connectivity index (χ2n) is 3.72.